The number of rotatable bonds is 7. The topological polar surface area (TPSA) is 49.4 Å². The van der Waals surface area contributed by atoms with Crippen LogP contribution in [-0.4, -0.2) is 28.6 Å². The Hall–Kier alpha value is -1.56. The Morgan fingerprint density at radius 3 is 2.48 bits per heavy atom. The summed E-state index contributed by atoms with van der Waals surface area (Å²) in [6.45, 7) is 0.342. The van der Waals surface area contributed by atoms with E-state index in [1.807, 2.05) is 17.5 Å². The van der Waals surface area contributed by atoms with Crippen LogP contribution in [-0.2, 0) is 16.1 Å². The molecule has 1 aliphatic rings. The second kappa shape index (κ2) is 9.58. The standard InChI is InChI=1S/C20H22Cl2N2O2S/c21-12-18(25)24(13-17-6-3-11-27-17)19(14-7-9-15(22)10-8-14)20(26)23-16-4-1-2-5-16/h3,6-11,16,19H,1-2,4-5,12-13H2,(H,23,26)/t19-/m1/s1. The summed E-state index contributed by atoms with van der Waals surface area (Å²) in [5.41, 5.74) is 0.727. The van der Waals surface area contributed by atoms with Gasteiger partial charge in [0.2, 0.25) is 11.8 Å². The van der Waals surface area contributed by atoms with Crippen LogP contribution in [0.15, 0.2) is 41.8 Å². The zero-order valence-corrected chi connectivity index (χ0v) is 17.2. The van der Waals surface area contributed by atoms with Crippen LogP contribution in [0.1, 0.15) is 42.2 Å². The van der Waals surface area contributed by atoms with Gasteiger partial charge in [-0.25, -0.2) is 0 Å². The molecule has 0 spiro atoms. The molecule has 1 fully saturated rings. The quantitative estimate of drug-likeness (QED) is 0.650. The molecule has 0 aliphatic heterocycles. The summed E-state index contributed by atoms with van der Waals surface area (Å²) in [7, 11) is 0. The van der Waals surface area contributed by atoms with Crippen LogP contribution in [0.5, 0.6) is 0 Å². The van der Waals surface area contributed by atoms with Crippen LogP contribution in [0.25, 0.3) is 0 Å². The number of halogens is 2. The van der Waals surface area contributed by atoms with Crippen molar-refractivity contribution < 1.29 is 9.59 Å². The normalized spacial score (nSPS) is 15.5. The molecule has 144 valence electrons. The van der Waals surface area contributed by atoms with E-state index in [0.717, 1.165) is 36.1 Å². The number of hydrogen-bond acceptors (Lipinski definition) is 3. The van der Waals surface area contributed by atoms with Gasteiger partial charge in [-0.05, 0) is 42.0 Å². The van der Waals surface area contributed by atoms with E-state index < -0.39 is 6.04 Å². The van der Waals surface area contributed by atoms with Gasteiger partial charge < -0.3 is 10.2 Å². The average Bonchev–Trinajstić information content (AvgIpc) is 3.36. The molecule has 0 radical (unpaired) electrons. The van der Waals surface area contributed by atoms with Crippen LogP contribution < -0.4 is 5.32 Å². The molecule has 2 amide bonds. The van der Waals surface area contributed by atoms with Gasteiger partial charge in [-0.15, -0.1) is 22.9 Å². The first-order chi connectivity index (χ1) is 13.1. The smallest absolute Gasteiger partial charge is 0.247 e. The highest BCUT2D eigenvalue weighted by molar-refractivity contribution is 7.09. The van der Waals surface area contributed by atoms with E-state index in [2.05, 4.69) is 5.32 Å². The molecular formula is C20H22Cl2N2O2S. The van der Waals surface area contributed by atoms with Crippen molar-refractivity contribution in [1.29, 1.82) is 0 Å². The van der Waals surface area contributed by atoms with Crippen molar-refractivity contribution in [2.45, 2.75) is 44.3 Å². The van der Waals surface area contributed by atoms with E-state index in [9.17, 15) is 9.59 Å². The van der Waals surface area contributed by atoms with Gasteiger partial charge in [0.1, 0.15) is 11.9 Å². The first-order valence-electron chi connectivity index (χ1n) is 9.02. The summed E-state index contributed by atoms with van der Waals surface area (Å²) < 4.78 is 0. The lowest BCUT2D eigenvalue weighted by molar-refractivity contribution is -0.140. The van der Waals surface area contributed by atoms with Gasteiger partial charge in [-0.2, -0.15) is 0 Å². The first-order valence-corrected chi connectivity index (χ1v) is 10.8. The molecular weight excluding hydrogens is 403 g/mol. The molecule has 3 rings (SSSR count). The summed E-state index contributed by atoms with van der Waals surface area (Å²) in [6.07, 6.45) is 4.20. The van der Waals surface area contributed by atoms with Crippen molar-refractivity contribution in [3.8, 4) is 0 Å². The summed E-state index contributed by atoms with van der Waals surface area (Å²) in [5.74, 6) is -0.613. The summed E-state index contributed by atoms with van der Waals surface area (Å²) in [5, 5.41) is 5.66. The van der Waals surface area contributed by atoms with Gasteiger partial charge >= 0.3 is 0 Å². The monoisotopic (exact) mass is 424 g/mol. The molecule has 1 aliphatic carbocycles. The third-order valence-electron chi connectivity index (χ3n) is 4.79. The van der Waals surface area contributed by atoms with Crippen molar-refractivity contribution >= 4 is 46.4 Å². The highest BCUT2D eigenvalue weighted by atomic mass is 35.5. The Morgan fingerprint density at radius 1 is 1.19 bits per heavy atom. The molecule has 2 aromatic rings. The van der Waals surface area contributed by atoms with Gasteiger partial charge in [0.15, 0.2) is 0 Å². The SMILES string of the molecule is O=C(NC1CCCC1)[C@@H](c1ccc(Cl)cc1)N(Cc1cccs1)C(=O)CCl. The molecule has 7 heteroatoms. The Morgan fingerprint density at radius 2 is 1.89 bits per heavy atom. The van der Waals surface area contributed by atoms with Crippen molar-refractivity contribution in [1.82, 2.24) is 10.2 Å². The predicted octanol–water partition coefficient (Wildman–Crippen LogP) is 4.77. The number of nitrogens with zero attached hydrogens (tertiary/aromatic N) is 1. The summed E-state index contributed by atoms with van der Waals surface area (Å²) >= 11 is 13.4. The van der Waals surface area contributed by atoms with Crippen LogP contribution in [0, 0.1) is 0 Å². The molecule has 4 nitrogen and oxygen atoms in total. The van der Waals surface area contributed by atoms with Gasteiger partial charge in [0.25, 0.3) is 0 Å². The molecule has 1 atom stereocenters. The molecule has 1 aromatic carbocycles. The fraction of sp³-hybridized carbons (Fsp3) is 0.400. The zero-order valence-electron chi connectivity index (χ0n) is 14.9. The largest absolute Gasteiger partial charge is 0.351 e. The first kappa shape index (κ1) is 20.2. The Labute approximate surface area is 173 Å². The Balaban J connectivity index is 1.92. The highest BCUT2D eigenvalue weighted by Crippen LogP contribution is 2.28. The van der Waals surface area contributed by atoms with E-state index in [4.69, 9.17) is 23.2 Å². The average molecular weight is 425 g/mol. The third-order valence-corrected chi connectivity index (χ3v) is 6.13. The summed E-state index contributed by atoms with van der Waals surface area (Å²) in [6, 6.07) is 10.4. The lowest BCUT2D eigenvalue weighted by Crippen LogP contribution is -2.46. The number of nitrogens with one attached hydrogen (secondary N) is 1. The number of carbonyl (C=O) groups is 2. The van der Waals surface area contributed by atoms with Crippen molar-refractivity contribution in [2.75, 3.05) is 5.88 Å². The lowest BCUT2D eigenvalue weighted by atomic mass is 10.0. The van der Waals surface area contributed by atoms with E-state index in [1.165, 1.54) is 0 Å². The summed E-state index contributed by atoms with van der Waals surface area (Å²) in [4.78, 5) is 28.4. The van der Waals surface area contributed by atoms with Crippen LogP contribution >= 0.6 is 34.5 Å². The van der Waals surface area contributed by atoms with Crippen LogP contribution in [0.4, 0.5) is 0 Å². The third kappa shape index (κ3) is 5.24. The Bertz CT molecular complexity index is 759. The number of hydrogen-bond donors (Lipinski definition) is 1. The number of amides is 2. The number of carbonyl (C=O) groups excluding carboxylic acids is 2. The lowest BCUT2D eigenvalue weighted by Gasteiger charge is -2.31. The maximum atomic E-state index is 13.2. The van der Waals surface area contributed by atoms with Gasteiger partial charge in [0, 0.05) is 15.9 Å². The molecule has 0 unspecified atom stereocenters. The number of thiophene rings is 1. The van der Waals surface area contributed by atoms with Crippen LogP contribution in [0.3, 0.4) is 0 Å². The minimum atomic E-state index is -0.740. The second-order valence-corrected chi connectivity index (χ2v) is 8.41. The van der Waals surface area contributed by atoms with E-state index in [0.29, 0.717) is 11.6 Å². The predicted molar refractivity (Wildman–Crippen MR) is 110 cm³/mol. The van der Waals surface area contributed by atoms with E-state index >= 15 is 0 Å². The molecule has 1 N–H and O–H groups in total. The van der Waals surface area contributed by atoms with E-state index in [1.54, 1.807) is 40.5 Å². The fourth-order valence-electron chi connectivity index (χ4n) is 3.44. The van der Waals surface area contributed by atoms with Crippen LogP contribution in [0.2, 0.25) is 5.02 Å². The molecule has 1 aromatic heterocycles. The van der Waals surface area contributed by atoms with Crippen molar-refractivity contribution in [2.24, 2.45) is 0 Å². The minimum absolute atomic E-state index is 0.167. The van der Waals surface area contributed by atoms with Gasteiger partial charge in [0.05, 0.1) is 6.54 Å². The minimum Gasteiger partial charge on any atom is -0.351 e. The number of benzene rings is 1. The zero-order chi connectivity index (χ0) is 19.2. The molecule has 1 saturated carbocycles. The van der Waals surface area contributed by atoms with Crippen molar-refractivity contribution in [3.63, 3.8) is 0 Å². The molecule has 0 saturated heterocycles. The van der Waals surface area contributed by atoms with Gasteiger partial charge in [-0.1, -0.05) is 42.6 Å². The van der Waals surface area contributed by atoms with Gasteiger partial charge in [-0.3, -0.25) is 9.59 Å². The highest BCUT2D eigenvalue weighted by Gasteiger charge is 2.33. The molecule has 1 heterocycles. The maximum absolute atomic E-state index is 13.2. The van der Waals surface area contributed by atoms with E-state index in [-0.39, 0.29) is 23.7 Å². The van der Waals surface area contributed by atoms with Crippen molar-refractivity contribution in [3.05, 3.63) is 57.2 Å². The Kier molecular flexibility index (Phi) is 7.16. The molecule has 0 bridgehead atoms. The second-order valence-electron chi connectivity index (χ2n) is 6.68. The maximum Gasteiger partial charge on any atom is 0.247 e. The number of alkyl halides is 1. The fourth-order valence-corrected chi connectivity index (χ4v) is 4.42. The molecule has 27 heavy (non-hydrogen) atoms.